The molecule has 0 heterocycles. The lowest BCUT2D eigenvalue weighted by Crippen LogP contribution is -1.90. The molecule has 0 saturated carbocycles. The zero-order valence-corrected chi connectivity index (χ0v) is 14.4. The van der Waals surface area contributed by atoms with Crippen LogP contribution in [0.5, 0.6) is 11.5 Å². The van der Waals surface area contributed by atoms with Crippen LogP contribution >= 0.6 is 0 Å². The first-order valence-electron chi connectivity index (χ1n) is 8.45. The van der Waals surface area contributed by atoms with E-state index in [4.69, 9.17) is 0 Å². The van der Waals surface area contributed by atoms with Gasteiger partial charge in [-0.1, -0.05) is 48.5 Å². The Bertz CT molecular complexity index is 1020. The number of fused-ring (bicyclic) bond motifs is 2. The number of hydrogen-bond donors (Lipinski definition) is 2. The topological polar surface area (TPSA) is 40.5 Å². The van der Waals surface area contributed by atoms with Crippen LogP contribution in [0.4, 0.5) is 0 Å². The van der Waals surface area contributed by atoms with Gasteiger partial charge in [-0.25, -0.2) is 0 Å². The van der Waals surface area contributed by atoms with Gasteiger partial charge in [-0.2, -0.15) is 0 Å². The second-order valence-corrected chi connectivity index (χ2v) is 6.71. The van der Waals surface area contributed by atoms with Crippen LogP contribution in [0, 0.1) is 13.8 Å². The van der Waals surface area contributed by atoms with E-state index in [1.165, 1.54) is 11.1 Å². The minimum absolute atomic E-state index is 0.341. The molecule has 2 N–H and O–H groups in total. The van der Waals surface area contributed by atoms with Crippen LogP contribution in [-0.4, -0.2) is 10.2 Å². The minimum atomic E-state index is 0.341. The Balaban J connectivity index is 1.72. The molecule has 2 heteroatoms. The molecule has 0 aromatic heterocycles. The van der Waals surface area contributed by atoms with Gasteiger partial charge in [0.2, 0.25) is 0 Å². The molecule has 0 aliphatic heterocycles. The highest BCUT2D eigenvalue weighted by Gasteiger charge is 2.06. The van der Waals surface area contributed by atoms with Crippen molar-refractivity contribution in [1.29, 1.82) is 0 Å². The molecule has 0 radical (unpaired) electrons. The molecule has 4 aromatic rings. The van der Waals surface area contributed by atoms with Crippen molar-refractivity contribution >= 4 is 21.5 Å². The molecule has 0 atom stereocenters. The third kappa shape index (κ3) is 2.70. The first-order chi connectivity index (χ1) is 12.0. The summed E-state index contributed by atoms with van der Waals surface area (Å²) >= 11 is 0. The Morgan fingerprint density at radius 1 is 0.600 bits per heavy atom. The van der Waals surface area contributed by atoms with Crippen LogP contribution in [-0.2, 0) is 6.42 Å². The number of phenolic OH excluding ortho intramolecular Hbond substituents is 2. The fourth-order valence-electron chi connectivity index (χ4n) is 3.50. The van der Waals surface area contributed by atoms with Crippen LogP contribution in [0.25, 0.3) is 21.5 Å². The fraction of sp³-hybridized carbons (Fsp3) is 0.130. The van der Waals surface area contributed by atoms with E-state index in [-0.39, 0.29) is 0 Å². The summed E-state index contributed by atoms with van der Waals surface area (Å²) in [5.74, 6) is 0.682. The monoisotopic (exact) mass is 328 g/mol. The smallest absolute Gasteiger partial charge is 0.119 e. The maximum Gasteiger partial charge on any atom is 0.119 e. The highest BCUT2D eigenvalue weighted by atomic mass is 16.3. The summed E-state index contributed by atoms with van der Waals surface area (Å²) in [5.41, 5.74) is 4.33. The quantitative estimate of drug-likeness (QED) is 0.502. The predicted octanol–water partition coefficient (Wildman–Crippen LogP) is 5.61. The molecule has 0 fully saturated rings. The van der Waals surface area contributed by atoms with E-state index in [0.717, 1.165) is 39.1 Å². The summed E-state index contributed by atoms with van der Waals surface area (Å²) < 4.78 is 0. The molecule has 0 saturated heterocycles. The van der Waals surface area contributed by atoms with Crippen molar-refractivity contribution in [3.8, 4) is 11.5 Å². The van der Waals surface area contributed by atoms with Crippen LogP contribution < -0.4 is 0 Å². The van der Waals surface area contributed by atoms with Gasteiger partial charge in [-0.15, -0.1) is 0 Å². The average Bonchev–Trinajstić information content (AvgIpc) is 2.62. The Morgan fingerprint density at radius 2 is 1.04 bits per heavy atom. The number of rotatable bonds is 2. The van der Waals surface area contributed by atoms with E-state index in [2.05, 4.69) is 36.4 Å². The summed E-state index contributed by atoms with van der Waals surface area (Å²) in [7, 11) is 0. The molecule has 0 aliphatic carbocycles. The molecule has 4 rings (SSSR count). The van der Waals surface area contributed by atoms with Crippen LogP contribution in [0.2, 0.25) is 0 Å². The SMILES string of the molecule is Cc1c(O)ccc2cc(Cc3ccc4c(C)c(O)ccc4c3)ccc12. The molecule has 2 nitrogen and oxygen atoms in total. The Morgan fingerprint density at radius 3 is 1.48 bits per heavy atom. The summed E-state index contributed by atoms with van der Waals surface area (Å²) in [4.78, 5) is 0. The Kier molecular flexibility index (Phi) is 3.61. The van der Waals surface area contributed by atoms with E-state index in [0.29, 0.717) is 11.5 Å². The van der Waals surface area contributed by atoms with Gasteiger partial charge < -0.3 is 10.2 Å². The lowest BCUT2D eigenvalue weighted by Gasteiger charge is -2.09. The lowest BCUT2D eigenvalue weighted by atomic mass is 9.96. The molecular formula is C23H20O2. The van der Waals surface area contributed by atoms with Crippen LogP contribution in [0.1, 0.15) is 22.3 Å². The number of aryl methyl sites for hydroxylation is 2. The van der Waals surface area contributed by atoms with Gasteiger partial charge in [-0.05, 0) is 76.2 Å². The molecule has 0 unspecified atom stereocenters. The Hall–Kier alpha value is -3.00. The maximum absolute atomic E-state index is 9.85. The van der Waals surface area contributed by atoms with E-state index in [1.54, 1.807) is 12.1 Å². The number of hydrogen-bond acceptors (Lipinski definition) is 2. The van der Waals surface area contributed by atoms with Gasteiger partial charge >= 0.3 is 0 Å². The predicted molar refractivity (Wildman–Crippen MR) is 104 cm³/mol. The number of benzene rings is 4. The largest absolute Gasteiger partial charge is 0.508 e. The second-order valence-electron chi connectivity index (χ2n) is 6.71. The normalized spacial score (nSPS) is 11.3. The third-order valence-electron chi connectivity index (χ3n) is 5.06. The van der Waals surface area contributed by atoms with E-state index in [1.807, 2.05) is 26.0 Å². The molecule has 0 aliphatic rings. The van der Waals surface area contributed by atoms with Crippen molar-refractivity contribution in [2.75, 3.05) is 0 Å². The summed E-state index contributed by atoms with van der Waals surface area (Å²) in [6, 6.07) is 20.2. The highest BCUT2D eigenvalue weighted by Crippen LogP contribution is 2.29. The molecular weight excluding hydrogens is 308 g/mol. The van der Waals surface area contributed by atoms with Gasteiger partial charge in [0.1, 0.15) is 11.5 Å². The zero-order valence-electron chi connectivity index (χ0n) is 14.4. The number of aromatic hydroxyl groups is 2. The summed E-state index contributed by atoms with van der Waals surface area (Å²) in [5, 5.41) is 24.2. The fourth-order valence-corrected chi connectivity index (χ4v) is 3.50. The van der Waals surface area contributed by atoms with Gasteiger partial charge in [0.05, 0.1) is 0 Å². The lowest BCUT2D eigenvalue weighted by molar-refractivity contribution is 0.471. The average molecular weight is 328 g/mol. The Labute approximate surface area is 147 Å². The molecule has 25 heavy (non-hydrogen) atoms. The van der Waals surface area contributed by atoms with Crippen molar-refractivity contribution in [3.05, 3.63) is 82.9 Å². The van der Waals surface area contributed by atoms with Crippen molar-refractivity contribution < 1.29 is 10.2 Å². The van der Waals surface area contributed by atoms with Crippen molar-refractivity contribution in [2.24, 2.45) is 0 Å². The molecule has 4 aromatic carbocycles. The molecule has 0 bridgehead atoms. The van der Waals surface area contributed by atoms with Gasteiger partial charge in [0.15, 0.2) is 0 Å². The van der Waals surface area contributed by atoms with Gasteiger partial charge in [0.25, 0.3) is 0 Å². The van der Waals surface area contributed by atoms with Gasteiger partial charge in [0, 0.05) is 0 Å². The van der Waals surface area contributed by atoms with Crippen molar-refractivity contribution in [1.82, 2.24) is 0 Å². The van der Waals surface area contributed by atoms with Crippen LogP contribution in [0.15, 0.2) is 60.7 Å². The second kappa shape index (κ2) is 5.82. The van der Waals surface area contributed by atoms with Gasteiger partial charge in [-0.3, -0.25) is 0 Å². The number of phenols is 2. The highest BCUT2D eigenvalue weighted by molar-refractivity contribution is 5.89. The van der Waals surface area contributed by atoms with Crippen molar-refractivity contribution in [2.45, 2.75) is 20.3 Å². The molecule has 0 spiro atoms. The first kappa shape index (κ1) is 15.5. The van der Waals surface area contributed by atoms with E-state index < -0.39 is 0 Å². The minimum Gasteiger partial charge on any atom is -0.508 e. The molecule has 124 valence electrons. The van der Waals surface area contributed by atoms with E-state index >= 15 is 0 Å². The third-order valence-corrected chi connectivity index (χ3v) is 5.06. The summed E-state index contributed by atoms with van der Waals surface area (Å²) in [6.45, 7) is 3.89. The summed E-state index contributed by atoms with van der Waals surface area (Å²) in [6.07, 6.45) is 0.853. The van der Waals surface area contributed by atoms with Crippen molar-refractivity contribution in [3.63, 3.8) is 0 Å². The molecule has 0 amide bonds. The maximum atomic E-state index is 9.85. The van der Waals surface area contributed by atoms with Crippen LogP contribution in [0.3, 0.4) is 0 Å². The first-order valence-corrected chi connectivity index (χ1v) is 8.45. The zero-order chi connectivity index (χ0) is 17.6. The standard InChI is InChI=1S/C23H20O2/c1-14-20-7-3-16(12-18(20)5-9-22(14)24)11-17-4-8-21-15(2)23(25)10-6-19(21)13-17/h3-10,12-13,24-25H,11H2,1-2H3. The van der Waals surface area contributed by atoms with E-state index in [9.17, 15) is 10.2 Å².